The smallest absolute Gasteiger partial charge is 0.226 e. The van der Waals surface area contributed by atoms with Crippen LogP contribution in [0.4, 0.5) is 5.82 Å². The molecule has 0 aromatic carbocycles. The first-order valence-corrected chi connectivity index (χ1v) is 10.3. The van der Waals surface area contributed by atoms with E-state index < -0.39 is 0 Å². The van der Waals surface area contributed by atoms with Crippen molar-refractivity contribution < 1.29 is 9.47 Å². The summed E-state index contributed by atoms with van der Waals surface area (Å²) in [6, 6.07) is 0.636. The number of fused-ring (bicyclic) bond motifs is 1. The minimum atomic E-state index is 0.264. The van der Waals surface area contributed by atoms with Gasteiger partial charge >= 0.3 is 0 Å². The summed E-state index contributed by atoms with van der Waals surface area (Å²) in [4.78, 5) is 21.0. The number of hydrogen-bond donors (Lipinski definition) is 0. The van der Waals surface area contributed by atoms with E-state index >= 15 is 0 Å². The van der Waals surface area contributed by atoms with E-state index in [1.54, 1.807) is 0 Å². The predicted octanol–water partition coefficient (Wildman–Crippen LogP) is 0.370. The van der Waals surface area contributed by atoms with Gasteiger partial charge in [-0.15, -0.1) is 0 Å². The molecular weight excluding hydrogens is 382 g/mol. The lowest BCUT2D eigenvalue weighted by Crippen LogP contribution is -2.61. The van der Waals surface area contributed by atoms with Crippen LogP contribution < -0.4 is 4.90 Å². The van der Waals surface area contributed by atoms with Crippen molar-refractivity contribution in [1.82, 2.24) is 29.3 Å². The minimum Gasteiger partial charge on any atom is -0.379 e. The van der Waals surface area contributed by atoms with Gasteiger partial charge in [0.15, 0.2) is 17.0 Å². The van der Waals surface area contributed by atoms with E-state index in [9.17, 15) is 0 Å². The lowest BCUT2D eigenvalue weighted by atomic mass is 10.1. The number of aromatic nitrogens is 4. The third kappa shape index (κ3) is 3.46. The van der Waals surface area contributed by atoms with Gasteiger partial charge in [0.2, 0.25) is 5.28 Å². The molecule has 0 unspecified atom stereocenters. The highest BCUT2D eigenvalue weighted by molar-refractivity contribution is 6.28. The molecule has 3 fully saturated rings. The zero-order valence-electron chi connectivity index (χ0n) is 16.2. The Morgan fingerprint density at radius 3 is 2.36 bits per heavy atom. The van der Waals surface area contributed by atoms with Crippen molar-refractivity contribution in [1.29, 1.82) is 0 Å². The van der Waals surface area contributed by atoms with E-state index in [2.05, 4.69) is 29.2 Å². The first-order chi connectivity index (χ1) is 13.7. The zero-order valence-corrected chi connectivity index (χ0v) is 16.9. The fraction of sp³-hybridized carbons (Fsp3) is 0.722. The number of rotatable bonds is 4. The van der Waals surface area contributed by atoms with Gasteiger partial charge in [-0.3, -0.25) is 9.80 Å². The van der Waals surface area contributed by atoms with Gasteiger partial charge < -0.3 is 18.9 Å². The minimum absolute atomic E-state index is 0.264. The molecule has 0 radical (unpaired) electrons. The first-order valence-electron chi connectivity index (χ1n) is 9.95. The average Bonchev–Trinajstić information content (AvgIpc) is 3.01. The fourth-order valence-electron chi connectivity index (χ4n) is 4.25. The molecule has 0 saturated carbocycles. The van der Waals surface area contributed by atoms with Crippen LogP contribution in [0, 0.1) is 0 Å². The van der Waals surface area contributed by atoms with E-state index in [1.165, 1.54) is 0 Å². The Labute approximate surface area is 169 Å². The number of imidazole rings is 1. The molecule has 28 heavy (non-hydrogen) atoms. The molecule has 0 aliphatic carbocycles. The van der Waals surface area contributed by atoms with E-state index in [1.807, 2.05) is 7.05 Å². The van der Waals surface area contributed by atoms with Crippen LogP contribution >= 0.6 is 11.6 Å². The van der Waals surface area contributed by atoms with Crippen molar-refractivity contribution in [3.05, 3.63) is 11.1 Å². The van der Waals surface area contributed by atoms with Crippen molar-refractivity contribution in [3.63, 3.8) is 0 Å². The lowest BCUT2D eigenvalue weighted by molar-refractivity contribution is -0.0352. The van der Waals surface area contributed by atoms with Gasteiger partial charge in [-0.1, -0.05) is 0 Å². The molecule has 0 bridgehead atoms. The monoisotopic (exact) mass is 407 g/mol. The second-order valence-corrected chi connectivity index (χ2v) is 8.01. The summed E-state index contributed by atoms with van der Waals surface area (Å²) >= 11 is 6.23. The molecule has 0 amide bonds. The molecule has 0 N–H and O–H groups in total. The lowest BCUT2D eigenvalue weighted by Gasteiger charge is -2.46. The molecule has 3 aliphatic heterocycles. The maximum Gasteiger partial charge on any atom is 0.226 e. The summed E-state index contributed by atoms with van der Waals surface area (Å²) in [5, 5.41) is 0.264. The van der Waals surface area contributed by atoms with Crippen LogP contribution in [0.1, 0.15) is 5.82 Å². The Hall–Kier alpha value is -1.52. The Kier molecular flexibility index (Phi) is 5.10. The highest BCUT2D eigenvalue weighted by atomic mass is 35.5. The summed E-state index contributed by atoms with van der Waals surface area (Å²) < 4.78 is 13.0. The maximum atomic E-state index is 6.23. The van der Waals surface area contributed by atoms with E-state index in [-0.39, 0.29) is 5.28 Å². The van der Waals surface area contributed by atoms with Crippen molar-refractivity contribution in [2.24, 2.45) is 7.05 Å². The third-order valence-electron chi connectivity index (χ3n) is 5.94. The van der Waals surface area contributed by atoms with E-state index in [4.69, 9.17) is 26.1 Å². The maximum absolute atomic E-state index is 6.23. The van der Waals surface area contributed by atoms with Gasteiger partial charge in [0.25, 0.3) is 0 Å². The van der Waals surface area contributed by atoms with Gasteiger partial charge in [-0.25, -0.2) is 4.98 Å². The van der Waals surface area contributed by atoms with Crippen LogP contribution in [0.25, 0.3) is 11.2 Å². The number of likely N-dealkylation sites (tertiary alicyclic amines) is 1. The van der Waals surface area contributed by atoms with Crippen LogP contribution in [0.5, 0.6) is 0 Å². The molecule has 5 rings (SSSR count). The van der Waals surface area contributed by atoms with Crippen molar-refractivity contribution in [2.45, 2.75) is 12.6 Å². The fourth-order valence-corrected chi connectivity index (χ4v) is 4.41. The number of morpholine rings is 2. The molecule has 152 valence electrons. The van der Waals surface area contributed by atoms with E-state index in [0.717, 1.165) is 81.8 Å². The van der Waals surface area contributed by atoms with Crippen molar-refractivity contribution >= 4 is 28.6 Å². The van der Waals surface area contributed by atoms with Crippen LogP contribution in [0.2, 0.25) is 5.28 Å². The molecule has 5 heterocycles. The molecular formula is C18H26ClN7O2. The van der Waals surface area contributed by atoms with Crippen LogP contribution in [0.3, 0.4) is 0 Å². The Morgan fingerprint density at radius 1 is 0.964 bits per heavy atom. The number of anilines is 1. The van der Waals surface area contributed by atoms with Gasteiger partial charge in [0, 0.05) is 52.4 Å². The van der Waals surface area contributed by atoms with E-state index in [0.29, 0.717) is 19.3 Å². The largest absolute Gasteiger partial charge is 0.379 e. The number of aryl methyl sites for hydroxylation is 1. The summed E-state index contributed by atoms with van der Waals surface area (Å²) in [6.45, 7) is 9.73. The van der Waals surface area contributed by atoms with Crippen LogP contribution in [-0.4, -0.2) is 101 Å². The molecule has 9 nitrogen and oxygen atoms in total. The van der Waals surface area contributed by atoms with Gasteiger partial charge in [-0.05, 0) is 11.6 Å². The number of hydrogen-bond acceptors (Lipinski definition) is 8. The molecule has 0 spiro atoms. The SMILES string of the molecule is Cn1c(CN2CC(N3CCOCC3)C2)nc2c(N3CCOCC3)nc(Cl)nc21. The standard InChI is InChI=1S/C18H26ClN7O2/c1-23-14(12-24-10-13(11-24)25-2-6-27-7-3-25)20-15-16(23)21-18(19)22-17(15)26-4-8-28-9-5-26/h13H,2-12H2,1H3. The van der Waals surface area contributed by atoms with Crippen molar-refractivity contribution in [3.8, 4) is 0 Å². The number of halogens is 1. The summed E-state index contributed by atoms with van der Waals surface area (Å²) in [7, 11) is 2.01. The van der Waals surface area contributed by atoms with Gasteiger partial charge in [0.1, 0.15) is 5.82 Å². The third-order valence-corrected chi connectivity index (χ3v) is 6.11. The summed E-state index contributed by atoms with van der Waals surface area (Å²) in [5.41, 5.74) is 1.62. The zero-order chi connectivity index (χ0) is 19.1. The van der Waals surface area contributed by atoms with Crippen LogP contribution in [-0.2, 0) is 23.1 Å². The molecule has 2 aromatic rings. The predicted molar refractivity (Wildman–Crippen MR) is 106 cm³/mol. The second-order valence-electron chi connectivity index (χ2n) is 7.67. The quantitative estimate of drug-likeness (QED) is 0.673. The highest BCUT2D eigenvalue weighted by Crippen LogP contribution is 2.27. The topological polar surface area (TPSA) is 71.8 Å². The highest BCUT2D eigenvalue weighted by Gasteiger charge is 2.33. The molecule has 3 saturated heterocycles. The normalized spacial score (nSPS) is 22.7. The van der Waals surface area contributed by atoms with Crippen molar-refractivity contribution in [2.75, 3.05) is 70.6 Å². The summed E-state index contributed by atoms with van der Waals surface area (Å²) in [6.07, 6.45) is 0. The summed E-state index contributed by atoms with van der Waals surface area (Å²) in [5.74, 6) is 1.82. The Bertz CT molecular complexity index is 842. The Balaban J connectivity index is 1.33. The average molecular weight is 408 g/mol. The number of nitrogens with zero attached hydrogens (tertiary/aromatic N) is 7. The Morgan fingerprint density at radius 2 is 1.64 bits per heavy atom. The molecule has 3 aliphatic rings. The van der Waals surface area contributed by atoms with Gasteiger partial charge in [0.05, 0.1) is 33.0 Å². The molecule has 2 aromatic heterocycles. The number of ether oxygens (including phenoxy) is 2. The first kappa shape index (κ1) is 18.5. The van der Waals surface area contributed by atoms with Crippen LogP contribution in [0.15, 0.2) is 0 Å². The second kappa shape index (κ2) is 7.72. The molecule has 0 atom stereocenters. The van der Waals surface area contributed by atoms with Gasteiger partial charge in [-0.2, -0.15) is 9.97 Å². The molecule has 10 heteroatoms.